The van der Waals surface area contributed by atoms with Gasteiger partial charge in [-0.15, -0.1) is 0 Å². The summed E-state index contributed by atoms with van der Waals surface area (Å²) < 4.78 is 67.6. The molecule has 1 aromatic rings. The van der Waals surface area contributed by atoms with Crippen molar-refractivity contribution in [2.24, 2.45) is 0 Å². The average Bonchev–Trinajstić information content (AvgIpc) is 2.31. The quantitative estimate of drug-likeness (QED) is 0.649. The van der Waals surface area contributed by atoms with Crippen LogP contribution in [0.2, 0.25) is 0 Å². The van der Waals surface area contributed by atoms with Crippen LogP contribution in [-0.2, 0) is 4.74 Å². The molecule has 0 aliphatic carbocycles. The molecule has 1 unspecified atom stereocenters. The van der Waals surface area contributed by atoms with E-state index in [1.807, 2.05) is 0 Å². The molecule has 1 atom stereocenters. The van der Waals surface area contributed by atoms with Crippen molar-refractivity contribution in [3.05, 3.63) is 33.8 Å². The Labute approximate surface area is 115 Å². The lowest BCUT2D eigenvalue weighted by Crippen LogP contribution is -2.27. The van der Waals surface area contributed by atoms with E-state index >= 15 is 0 Å². The minimum absolute atomic E-state index is 0.0278. The molecule has 0 amide bonds. The van der Waals surface area contributed by atoms with Gasteiger partial charge in [-0.05, 0) is 35.1 Å². The molecule has 0 heterocycles. The molecule has 0 aromatic heterocycles. The first-order chi connectivity index (χ1) is 8.76. The Morgan fingerprint density at radius 3 is 2.47 bits per heavy atom. The van der Waals surface area contributed by atoms with Gasteiger partial charge in [-0.25, -0.2) is 8.78 Å². The molecule has 1 N–H and O–H groups in total. The van der Waals surface area contributed by atoms with E-state index in [1.54, 1.807) is 0 Å². The first kappa shape index (κ1) is 16.3. The molecule has 0 spiro atoms. The zero-order valence-corrected chi connectivity index (χ0v) is 11.4. The van der Waals surface area contributed by atoms with Crippen LogP contribution in [0.5, 0.6) is 0 Å². The van der Waals surface area contributed by atoms with Crippen LogP contribution in [-0.4, -0.2) is 26.4 Å². The van der Waals surface area contributed by atoms with Crippen LogP contribution in [0.3, 0.4) is 0 Å². The second-order valence-corrected chi connectivity index (χ2v) is 4.58. The van der Waals surface area contributed by atoms with E-state index < -0.39 is 37.1 Å². The molecule has 2 nitrogen and oxygen atoms in total. The van der Waals surface area contributed by atoms with Crippen LogP contribution in [0.4, 0.5) is 22.0 Å². The van der Waals surface area contributed by atoms with Crippen LogP contribution >= 0.6 is 15.9 Å². The maximum atomic E-state index is 13.8. The average molecular weight is 348 g/mol. The predicted molar refractivity (Wildman–Crippen MR) is 62.7 cm³/mol. The first-order valence-electron chi connectivity index (χ1n) is 5.21. The number of rotatable bonds is 5. The zero-order valence-electron chi connectivity index (χ0n) is 9.82. The minimum Gasteiger partial charge on any atom is -0.370 e. The molecule has 0 aliphatic rings. The molecule has 0 fully saturated rings. The van der Waals surface area contributed by atoms with Gasteiger partial charge in [0.2, 0.25) is 0 Å². The molecule has 0 bridgehead atoms. The largest absolute Gasteiger partial charge is 0.411 e. The summed E-state index contributed by atoms with van der Waals surface area (Å²) in [7, 11) is 1.38. The smallest absolute Gasteiger partial charge is 0.370 e. The topological polar surface area (TPSA) is 21.3 Å². The van der Waals surface area contributed by atoms with Crippen LogP contribution in [0.15, 0.2) is 16.6 Å². The van der Waals surface area contributed by atoms with Crippen molar-refractivity contribution < 1.29 is 26.7 Å². The van der Waals surface area contributed by atoms with Gasteiger partial charge in [0.05, 0.1) is 17.1 Å². The van der Waals surface area contributed by atoms with E-state index in [0.29, 0.717) is 0 Å². The first-order valence-corrected chi connectivity index (χ1v) is 6.00. The van der Waals surface area contributed by atoms with Gasteiger partial charge in [-0.3, -0.25) is 0 Å². The zero-order chi connectivity index (χ0) is 14.6. The highest BCUT2D eigenvalue weighted by molar-refractivity contribution is 9.10. The Morgan fingerprint density at radius 1 is 1.32 bits per heavy atom. The van der Waals surface area contributed by atoms with Crippen molar-refractivity contribution in [3.8, 4) is 0 Å². The van der Waals surface area contributed by atoms with Crippen molar-refractivity contribution in [1.29, 1.82) is 0 Å². The van der Waals surface area contributed by atoms with Crippen LogP contribution in [0.1, 0.15) is 11.6 Å². The summed E-state index contributed by atoms with van der Waals surface area (Å²) in [6.07, 6.45) is -4.48. The number of hydrogen-bond donors (Lipinski definition) is 1. The highest BCUT2D eigenvalue weighted by atomic mass is 79.9. The Kier molecular flexibility index (Phi) is 5.69. The van der Waals surface area contributed by atoms with Gasteiger partial charge < -0.3 is 10.1 Å². The fraction of sp³-hybridized carbons (Fsp3) is 0.455. The lowest BCUT2D eigenvalue weighted by atomic mass is 10.1. The van der Waals surface area contributed by atoms with Gasteiger partial charge in [-0.2, -0.15) is 13.2 Å². The predicted octanol–water partition coefficient (Wildman–Crippen LogP) is 3.57. The summed E-state index contributed by atoms with van der Waals surface area (Å²) in [5.74, 6) is -1.72. The van der Waals surface area contributed by atoms with Crippen molar-refractivity contribution in [2.75, 3.05) is 20.3 Å². The maximum absolute atomic E-state index is 13.8. The number of hydrogen-bond acceptors (Lipinski definition) is 2. The van der Waals surface area contributed by atoms with Crippen LogP contribution in [0.25, 0.3) is 0 Å². The van der Waals surface area contributed by atoms with Gasteiger partial charge in [0.1, 0.15) is 18.2 Å². The summed E-state index contributed by atoms with van der Waals surface area (Å²) in [6, 6.07) is 1.19. The van der Waals surface area contributed by atoms with Crippen molar-refractivity contribution >= 4 is 15.9 Å². The number of nitrogens with one attached hydrogen (secondary N) is 1. The lowest BCUT2D eigenvalue weighted by Gasteiger charge is -2.19. The fourth-order valence-corrected chi connectivity index (χ4v) is 1.81. The molecule has 0 aliphatic heterocycles. The number of benzene rings is 1. The Balaban J connectivity index is 2.83. The van der Waals surface area contributed by atoms with Gasteiger partial charge in [0.15, 0.2) is 0 Å². The van der Waals surface area contributed by atoms with Crippen molar-refractivity contribution in [3.63, 3.8) is 0 Å². The number of likely N-dealkylation sites (N-methyl/N-ethyl adjacent to an activating group) is 1. The summed E-state index contributed by atoms with van der Waals surface area (Å²) in [5, 5.41) is 2.52. The minimum atomic E-state index is -4.48. The monoisotopic (exact) mass is 347 g/mol. The number of alkyl halides is 3. The normalized spacial score (nSPS) is 13.6. The molecular formula is C11H11BrF5NO. The third kappa shape index (κ3) is 4.70. The second kappa shape index (κ2) is 6.62. The summed E-state index contributed by atoms with van der Waals surface area (Å²) >= 11 is 2.89. The molecule has 19 heavy (non-hydrogen) atoms. The number of halogens is 6. The highest BCUT2D eigenvalue weighted by Gasteiger charge is 2.29. The third-order valence-electron chi connectivity index (χ3n) is 2.33. The van der Waals surface area contributed by atoms with E-state index in [2.05, 4.69) is 26.0 Å². The lowest BCUT2D eigenvalue weighted by molar-refractivity contribution is -0.175. The summed E-state index contributed by atoms with van der Waals surface area (Å²) in [5.41, 5.74) is -0.362. The SMILES string of the molecule is CNC(COCC(F)(F)F)c1c(F)ccc(Br)c1F. The van der Waals surface area contributed by atoms with Crippen LogP contribution < -0.4 is 5.32 Å². The second-order valence-electron chi connectivity index (χ2n) is 3.73. The van der Waals surface area contributed by atoms with E-state index in [4.69, 9.17) is 0 Å². The van der Waals surface area contributed by atoms with Crippen molar-refractivity contribution in [2.45, 2.75) is 12.2 Å². The highest BCUT2D eigenvalue weighted by Crippen LogP contribution is 2.27. The van der Waals surface area contributed by atoms with E-state index in [1.165, 1.54) is 13.1 Å². The molecule has 1 rings (SSSR count). The van der Waals surface area contributed by atoms with Gasteiger partial charge in [0.25, 0.3) is 0 Å². The van der Waals surface area contributed by atoms with Crippen molar-refractivity contribution in [1.82, 2.24) is 5.32 Å². The van der Waals surface area contributed by atoms with E-state index in [0.717, 1.165) is 6.07 Å². The molecule has 1 aromatic carbocycles. The van der Waals surface area contributed by atoms with E-state index in [-0.39, 0.29) is 10.0 Å². The molecule has 108 valence electrons. The Bertz CT molecular complexity index is 438. The third-order valence-corrected chi connectivity index (χ3v) is 2.94. The maximum Gasteiger partial charge on any atom is 0.411 e. The molecule has 0 saturated heterocycles. The Hall–Kier alpha value is -0.730. The van der Waals surface area contributed by atoms with Crippen LogP contribution in [0, 0.1) is 11.6 Å². The summed E-state index contributed by atoms with van der Waals surface area (Å²) in [6.45, 7) is -1.97. The molecular weight excluding hydrogens is 337 g/mol. The van der Waals surface area contributed by atoms with Gasteiger partial charge in [0, 0.05) is 5.56 Å². The molecule has 0 saturated carbocycles. The molecule has 8 heteroatoms. The summed E-state index contributed by atoms with van der Waals surface area (Å²) in [4.78, 5) is 0. The van der Waals surface area contributed by atoms with Gasteiger partial charge in [-0.1, -0.05) is 0 Å². The van der Waals surface area contributed by atoms with Gasteiger partial charge >= 0.3 is 6.18 Å². The van der Waals surface area contributed by atoms with E-state index in [9.17, 15) is 22.0 Å². The number of ether oxygens (including phenoxy) is 1. The fourth-order valence-electron chi connectivity index (χ4n) is 1.47. The molecule has 0 radical (unpaired) electrons. The standard InChI is InChI=1S/C11H11BrF5NO/c1-18-8(4-19-5-11(15,16)17)9-7(13)3-2-6(12)10(9)14/h2-3,8,18H,4-5H2,1H3. The Morgan fingerprint density at radius 2 is 1.95 bits per heavy atom.